The number of hydrogen-bond acceptors (Lipinski definition) is 3. The van der Waals surface area contributed by atoms with Crippen molar-refractivity contribution in [2.75, 3.05) is 6.54 Å². The maximum atomic E-state index is 10.7. The zero-order chi connectivity index (χ0) is 9.56. The summed E-state index contributed by atoms with van der Waals surface area (Å²) in [4.78, 5) is 14.7. The summed E-state index contributed by atoms with van der Waals surface area (Å²) in [5.74, 6) is 0.606. The number of aliphatic imine (C=N–C) groups is 1. The van der Waals surface area contributed by atoms with Gasteiger partial charge in [-0.25, -0.2) is 0 Å². The van der Waals surface area contributed by atoms with Gasteiger partial charge in [0.25, 0.3) is 0 Å². The predicted molar refractivity (Wildman–Crippen MR) is 50.1 cm³/mol. The van der Waals surface area contributed by atoms with Crippen LogP contribution in [0.15, 0.2) is 4.99 Å². The molecule has 0 heterocycles. The van der Waals surface area contributed by atoms with E-state index >= 15 is 0 Å². The molecular weight excluding hydrogens is 154 g/mol. The minimum absolute atomic E-state index is 0.0310. The van der Waals surface area contributed by atoms with Crippen molar-refractivity contribution in [3.63, 3.8) is 0 Å². The maximum Gasteiger partial charge on any atom is 0.146 e. The minimum Gasteiger partial charge on any atom is -0.388 e. The Balaban J connectivity index is 3.44. The first-order valence-corrected chi connectivity index (χ1v) is 4.06. The average molecular weight is 171 g/mol. The summed E-state index contributed by atoms with van der Waals surface area (Å²) >= 11 is 0. The van der Waals surface area contributed by atoms with Crippen molar-refractivity contribution in [2.24, 2.45) is 16.5 Å². The van der Waals surface area contributed by atoms with E-state index in [1.165, 1.54) is 6.92 Å². The standard InChI is InChI=1S/C8H17N3O/c1-6(12)8(10)4-3-5-11-7(2)9/h8H,3-5,10H2,1-2H3,(H2,9,11). The molecule has 0 aromatic heterocycles. The maximum absolute atomic E-state index is 10.7. The van der Waals surface area contributed by atoms with Crippen LogP contribution in [-0.2, 0) is 4.79 Å². The molecule has 0 aromatic rings. The molecule has 0 radical (unpaired) electrons. The fraction of sp³-hybridized carbons (Fsp3) is 0.750. The van der Waals surface area contributed by atoms with Crippen LogP contribution in [0.25, 0.3) is 0 Å². The van der Waals surface area contributed by atoms with Crippen LogP contribution in [-0.4, -0.2) is 24.2 Å². The molecule has 1 atom stereocenters. The van der Waals surface area contributed by atoms with Gasteiger partial charge in [-0.1, -0.05) is 0 Å². The molecular formula is C8H17N3O. The van der Waals surface area contributed by atoms with E-state index in [1.54, 1.807) is 6.92 Å². The lowest BCUT2D eigenvalue weighted by atomic mass is 10.1. The van der Waals surface area contributed by atoms with Gasteiger partial charge in [-0.05, 0) is 26.7 Å². The third kappa shape index (κ3) is 5.85. The Kier molecular flexibility index (Phi) is 5.28. The number of hydrogen-bond donors (Lipinski definition) is 2. The number of Topliss-reactive ketones (excluding diaryl/α,β-unsaturated/α-hetero) is 1. The van der Waals surface area contributed by atoms with E-state index in [0.29, 0.717) is 18.8 Å². The number of ketones is 1. The highest BCUT2D eigenvalue weighted by atomic mass is 16.1. The molecule has 0 saturated carbocycles. The van der Waals surface area contributed by atoms with Crippen molar-refractivity contribution in [1.29, 1.82) is 0 Å². The first kappa shape index (κ1) is 11.1. The van der Waals surface area contributed by atoms with Crippen LogP contribution in [0.3, 0.4) is 0 Å². The number of amidine groups is 1. The summed E-state index contributed by atoms with van der Waals surface area (Å²) in [5.41, 5.74) is 10.8. The SMILES string of the molecule is CC(=O)C(N)CCCN=C(C)N. The molecule has 70 valence electrons. The molecule has 0 aliphatic rings. The quantitative estimate of drug-likeness (QED) is 0.348. The van der Waals surface area contributed by atoms with E-state index in [0.717, 1.165) is 6.42 Å². The number of carbonyl (C=O) groups is 1. The Labute approximate surface area is 73.0 Å². The summed E-state index contributed by atoms with van der Waals surface area (Å²) < 4.78 is 0. The second-order valence-corrected chi connectivity index (χ2v) is 2.88. The Morgan fingerprint density at radius 1 is 1.50 bits per heavy atom. The van der Waals surface area contributed by atoms with Crippen LogP contribution in [0, 0.1) is 0 Å². The number of rotatable bonds is 5. The zero-order valence-corrected chi connectivity index (χ0v) is 7.71. The van der Waals surface area contributed by atoms with E-state index in [4.69, 9.17) is 11.5 Å². The van der Waals surface area contributed by atoms with Crippen molar-refractivity contribution >= 4 is 11.6 Å². The van der Waals surface area contributed by atoms with Crippen molar-refractivity contribution in [1.82, 2.24) is 0 Å². The van der Waals surface area contributed by atoms with Gasteiger partial charge in [-0.15, -0.1) is 0 Å². The van der Waals surface area contributed by atoms with Gasteiger partial charge in [-0.3, -0.25) is 9.79 Å². The third-order valence-corrected chi connectivity index (χ3v) is 1.56. The van der Waals surface area contributed by atoms with Gasteiger partial charge in [-0.2, -0.15) is 0 Å². The van der Waals surface area contributed by atoms with E-state index < -0.39 is 0 Å². The summed E-state index contributed by atoms with van der Waals surface area (Å²) in [7, 11) is 0. The number of carbonyl (C=O) groups excluding carboxylic acids is 1. The highest BCUT2D eigenvalue weighted by molar-refractivity contribution is 5.81. The molecule has 0 aliphatic heterocycles. The highest BCUT2D eigenvalue weighted by Gasteiger charge is 2.05. The highest BCUT2D eigenvalue weighted by Crippen LogP contribution is 1.95. The zero-order valence-electron chi connectivity index (χ0n) is 7.71. The molecule has 12 heavy (non-hydrogen) atoms. The molecule has 0 rings (SSSR count). The Bertz CT molecular complexity index is 173. The molecule has 0 saturated heterocycles. The van der Waals surface area contributed by atoms with Crippen LogP contribution in [0.4, 0.5) is 0 Å². The summed E-state index contributed by atoms with van der Waals surface area (Å²) in [6.07, 6.45) is 1.50. The largest absolute Gasteiger partial charge is 0.388 e. The Morgan fingerprint density at radius 2 is 2.08 bits per heavy atom. The van der Waals surface area contributed by atoms with Gasteiger partial charge in [0.15, 0.2) is 0 Å². The van der Waals surface area contributed by atoms with E-state index in [-0.39, 0.29) is 11.8 Å². The van der Waals surface area contributed by atoms with Crippen molar-refractivity contribution in [3.05, 3.63) is 0 Å². The van der Waals surface area contributed by atoms with Crippen molar-refractivity contribution in [3.8, 4) is 0 Å². The fourth-order valence-electron chi connectivity index (χ4n) is 0.770. The minimum atomic E-state index is -0.335. The molecule has 1 unspecified atom stereocenters. The van der Waals surface area contributed by atoms with Gasteiger partial charge in [0, 0.05) is 6.54 Å². The predicted octanol–water partition coefficient (Wildman–Crippen LogP) is 0.0600. The molecule has 4 N–H and O–H groups in total. The Hall–Kier alpha value is -0.900. The second-order valence-electron chi connectivity index (χ2n) is 2.88. The van der Waals surface area contributed by atoms with E-state index in [1.807, 2.05) is 0 Å². The smallest absolute Gasteiger partial charge is 0.146 e. The molecule has 0 spiro atoms. The van der Waals surface area contributed by atoms with E-state index in [2.05, 4.69) is 4.99 Å². The molecule has 0 amide bonds. The molecule has 0 fully saturated rings. The van der Waals surface area contributed by atoms with Gasteiger partial charge in [0.1, 0.15) is 5.78 Å². The third-order valence-electron chi connectivity index (χ3n) is 1.56. The van der Waals surface area contributed by atoms with Gasteiger partial charge in [0.05, 0.1) is 11.9 Å². The van der Waals surface area contributed by atoms with Crippen molar-refractivity contribution < 1.29 is 4.79 Å². The fourth-order valence-corrected chi connectivity index (χ4v) is 0.770. The van der Waals surface area contributed by atoms with E-state index in [9.17, 15) is 4.79 Å². The summed E-state index contributed by atoms with van der Waals surface area (Å²) in [5, 5.41) is 0. The normalized spacial score (nSPS) is 14.4. The van der Waals surface area contributed by atoms with Crippen LogP contribution >= 0.6 is 0 Å². The average Bonchev–Trinajstić information content (AvgIpc) is 1.97. The molecule has 0 aromatic carbocycles. The van der Waals surface area contributed by atoms with Crippen LogP contribution in [0.2, 0.25) is 0 Å². The first-order chi connectivity index (χ1) is 5.54. The topological polar surface area (TPSA) is 81.5 Å². The lowest BCUT2D eigenvalue weighted by Crippen LogP contribution is -2.28. The molecule has 0 aliphatic carbocycles. The number of nitrogens with two attached hydrogens (primary N) is 2. The summed E-state index contributed by atoms with van der Waals surface area (Å²) in [6, 6.07) is -0.335. The lowest BCUT2D eigenvalue weighted by molar-refractivity contribution is -0.118. The van der Waals surface area contributed by atoms with Gasteiger partial charge < -0.3 is 11.5 Å². The monoisotopic (exact) mass is 171 g/mol. The molecule has 4 nitrogen and oxygen atoms in total. The lowest BCUT2D eigenvalue weighted by Gasteiger charge is -2.04. The van der Waals surface area contributed by atoms with Crippen LogP contribution in [0.5, 0.6) is 0 Å². The molecule has 4 heteroatoms. The van der Waals surface area contributed by atoms with Gasteiger partial charge >= 0.3 is 0 Å². The van der Waals surface area contributed by atoms with Gasteiger partial charge in [0.2, 0.25) is 0 Å². The first-order valence-electron chi connectivity index (χ1n) is 4.06. The second kappa shape index (κ2) is 5.71. The van der Waals surface area contributed by atoms with Crippen LogP contribution < -0.4 is 11.5 Å². The van der Waals surface area contributed by atoms with Crippen molar-refractivity contribution in [2.45, 2.75) is 32.7 Å². The summed E-state index contributed by atoms with van der Waals surface area (Å²) in [6.45, 7) is 3.90. The molecule has 0 bridgehead atoms. The van der Waals surface area contributed by atoms with Crippen LogP contribution in [0.1, 0.15) is 26.7 Å². The Morgan fingerprint density at radius 3 is 2.50 bits per heavy atom. The number of nitrogens with zero attached hydrogens (tertiary/aromatic N) is 1.